The largest absolute Gasteiger partial charge is 0.374 e. The fourth-order valence-corrected chi connectivity index (χ4v) is 1.86. The fourth-order valence-electron chi connectivity index (χ4n) is 1.86. The molecule has 3 N–H and O–H groups in total. The summed E-state index contributed by atoms with van der Waals surface area (Å²) in [5.41, 5.74) is 5.23. The topological polar surface area (TPSA) is 67.6 Å². The van der Waals surface area contributed by atoms with Crippen molar-refractivity contribution in [3.63, 3.8) is 0 Å². The van der Waals surface area contributed by atoms with Crippen LogP contribution in [0.25, 0.3) is 0 Å². The summed E-state index contributed by atoms with van der Waals surface area (Å²) in [6, 6.07) is 0. The van der Waals surface area contributed by atoms with E-state index in [0.29, 0.717) is 6.54 Å². The lowest BCUT2D eigenvalue weighted by atomic mass is 10.2. The van der Waals surface area contributed by atoms with Crippen LogP contribution in [0.3, 0.4) is 0 Å². The summed E-state index contributed by atoms with van der Waals surface area (Å²) in [5.74, 6) is -0.264. The van der Waals surface area contributed by atoms with Crippen LogP contribution in [0.15, 0.2) is 0 Å². The SMILES string of the molecule is CCCCN(CC(N)=O)CC1CNCCO1. The first-order valence-corrected chi connectivity index (χ1v) is 6.05. The lowest BCUT2D eigenvalue weighted by molar-refractivity contribution is -0.119. The van der Waals surface area contributed by atoms with Gasteiger partial charge in [0.2, 0.25) is 5.91 Å². The number of hydrogen-bond acceptors (Lipinski definition) is 4. The van der Waals surface area contributed by atoms with Crippen molar-refractivity contribution < 1.29 is 9.53 Å². The summed E-state index contributed by atoms with van der Waals surface area (Å²) in [4.78, 5) is 13.0. The molecule has 0 bridgehead atoms. The van der Waals surface area contributed by atoms with Crippen molar-refractivity contribution in [2.75, 3.05) is 39.3 Å². The summed E-state index contributed by atoms with van der Waals surface area (Å²) in [6.45, 7) is 6.71. The molecule has 1 heterocycles. The van der Waals surface area contributed by atoms with E-state index < -0.39 is 0 Å². The molecule has 0 radical (unpaired) electrons. The molecular formula is C11H23N3O2. The highest BCUT2D eigenvalue weighted by Crippen LogP contribution is 2.02. The van der Waals surface area contributed by atoms with E-state index >= 15 is 0 Å². The Morgan fingerprint density at radius 1 is 1.62 bits per heavy atom. The minimum absolute atomic E-state index is 0.185. The Kier molecular flexibility index (Phi) is 6.37. The minimum atomic E-state index is -0.264. The van der Waals surface area contributed by atoms with Gasteiger partial charge >= 0.3 is 0 Å². The van der Waals surface area contributed by atoms with Crippen LogP contribution < -0.4 is 11.1 Å². The number of hydrogen-bond donors (Lipinski definition) is 2. The first-order chi connectivity index (χ1) is 7.72. The molecule has 0 spiro atoms. The van der Waals surface area contributed by atoms with Crippen molar-refractivity contribution in [3.8, 4) is 0 Å². The number of carbonyl (C=O) groups is 1. The van der Waals surface area contributed by atoms with Crippen LogP contribution >= 0.6 is 0 Å². The van der Waals surface area contributed by atoms with Gasteiger partial charge in [-0.15, -0.1) is 0 Å². The predicted octanol–water partition coefficient (Wildman–Crippen LogP) is -0.438. The molecule has 0 aromatic heterocycles. The molecule has 1 amide bonds. The molecule has 0 aromatic carbocycles. The monoisotopic (exact) mass is 229 g/mol. The van der Waals surface area contributed by atoms with Gasteiger partial charge in [-0.3, -0.25) is 9.69 Å². The molecule has 0 aliphatic carbocycles. The van der Waals surface area contributed by atoms with Gasteiger partial charge in [-0.25, -0.2) is 0 Å². The van der Waals surface area contributed by atoms with E-state index in [0.717, 1.165) is 45.6 Å². The van der Waals surface area contributed by atoms with Gasteiger partial charge in [0.25, 0.3) is 0 Å². The zero-order valence-electron chi connectivity index (χ0n) is 10.1. The van der Waals surface area contributed by atoms with E-state index in [4.69, 9.17) is 10.5 Å². The summed E-state index contributed by atoms with van der Waals surface area (Å²) in [6.07, 6.45) is 2.40. The summed E-state index contributed by atoms with van der Waals surface area (Å²) < 4.78 is 5.61. The van der Waals surface area contributed by atoms with Gasteiger partial charge in [0.15, 0.2) is 0 Å². The Bertz CT molecular complexity index is 205. The van der Waals surface area contributed by atoms with Crippen LogP contribution in [0.2, 0.25) is 0 Å². The van der Waals surface area contributed by atoms with Gasteiger partial charge in [-0.1, -0.05) is 13.3 Å². The number of rotatable bonds is 7. The third kappa shape index (κ3) is 5.44. The Morgan fingerprint density at radius 3 is 3.00 bits per heavy atom. The van der Waals surface area contributed by atoms with Crippen molar-refractivity contribution in [1.29, 1.82) is 0 Å². The smallest absolute Gasteiger partial charge is 0.231 e. The Morgan fingerprint density at radius 2 is 2.44 bits per heavy atom. The molecule has 94 valence electrons. The van der Waals surface area contributed by atoms with E-state index in [2.05, 4.69) is 17.1 Å². The van der Waals surface area contributed by atoms with Gasteiger partial charge in [0.05, 0.1) is 19.3 Å². The quantitative estimate of drug-likeness (QED) is 0.621. The van der Waals surface area contributed by atoms with Crippen molar-refractivity contribution in [2.45, 2.75) is 25.9 Å². The van der Waals surface area contributed by atoms with E-state index in [1.54, 1.807) is 0 Å². The molecule has 1 unspecified atom stereocenters. The fraction of sp³-hybridized carbons (Fsp3) is 0.909. The average molecular weight is 229 g/mol. The third-order valence-corrected chi connectivity index (χ3v) is 2.67. The molecule has 1 rings (SSSR count). The first-order valence-electron chi connectivity index (χ1n) is 6.05. The molecule has 5 nitrogen and oxygen atoms in total. The average Bonchev–Trinajstić information content (AvgIpc) is 2.26. The van der Waals surface area contributed by atoms with Crippen LogP contribution in [0, 0.1) is 0 Å². The number of amides is 1. The van der Waals surface area contributed by atoms with Crippen LogP contribution in [0.4, 0.5) is 0 Å². The van der Waals surface area contributed by atoms with Gasteiger partial charge in [0.1, 0.15) is 0 Å². The standard InChI is InChI=1S/C11H23N3O2/c1-2-3-5-14(9-11(12)15)8-10-7-13-4-6-16-10/h10,13H,2-9H2,1H3,(H2,12,15). The highest BCUT2D eigenvalue weighted by atomic mass is 16.5. The molecule has 1 atom stereocenters. The van der Waals surface area contributed by atoms with Crippen LogP contribution in [-0.4, -0.2) is 56.2 Å². The summed E-state index contributed by atoms with van der Waals surface area (Å²) >= 11 is 0. The molecular weight excluding hydrogens is 206 g/mol. The predicted molar refractivity (Wildman–Crippen MR) is 63.2 cm³/mol. The van der Waals surface area contributed by atoms with E-state index in [1.165, 1.54) is 0 Å². The van der Waals surface area contributed by atoms with E-state index in [-0.39, 0.29) is 12.0 Å². The molecule has 1 fully saturated rings. The lowest BCUT2D eigenvalue weighted by Crippen LogP contribution is -2.47. The first kappa shape index (κ1) is 13.4. The second-order valence-electron chi connectivity index (χ2n) is 4.25. The maximum absolute atomic E-state index is 10.9. The van der Waals surface area contributed by atoms with Crippen LogP contribution in [0.5, 0.6) is 0 Å². The molecule has 16 heavy (non-hydrogen) atoms. The third-order valence-electron chi connectivity index (χ3n) is 2.67. The number of nitrogens with one attached hydrogen (secondary N) is 1. The summed E-state index contributed by atoms with van der Waals surface area (Å²) in [5, 5.41) is 3.28. The number of primary amides is 1. The molecule has 0 saturated carbocycles. The Labute approximate surface area is 97.3 Å². The normalized spacial score (nSPS) is 21.2. The number of morpholine rings is 1. The Hall–Kier alpha value is -0.650. The Balaban J connectivity index is 2.31. The van der Waals surface area contributed by atoms with E-state index in [1.807, 2.05) is 0 Å². The van der Waals surface area contributed by atoms with Gasteiger partial charge in [0, 0.05) is 19.6 Å². The number of ether oxygens (including phenoxy) is 1. The number of carbonyl (C=O) groups excluding carboxylic acids is 1. The van der Waals surface area contributed by atoms with Gasteiger partial charge < -0.3 is 15.8 Å². The van der Waals surface area contributed by atoms with Gasteiger partial charge in [-0.05, 0) is 13.0 Å². The number of unbranched alkanes of at least 4 members (excludes halogenated alkanes) is 1. The molecule has 1 saturated heterocycles. The molecule has 1 aliphatic rings. The number of nitrogens with two attached hydrogens (primary N) is 1. The van der Waals surface area contributed by atoms with Crippen molar-refractivity contribution in [2.24, 2.45) is 5.73 Å². The summed E-state index contributed by atoms with van der Waals surface area (Å²) in [7, 11) is 0. The van der Waals surface area contributed by atoms with Gasteiger partial charge in [-0.2, -0.15) is 0 Å². The number of nitrogens with zero attached hydrogens (tertiary/aromatic N) is 1. The second-order valence-corrected chi connectivity index (χ2v) is 4.25. The van der Waals surface area contributed by atoms with Crippen molar-refractivity contribution >= 4 is 5.91 Å². The van der Waals surface area contributed by atoms with E-state index in [9.17, 15) is 4.79 Å². The van der Waals surface area contributed by atoms with Crippen LogP contribution in [0.1, 0.15) is 19.8 Å². The molecule has 0 aromatic rings. The van der Waals surface area contributed by atoms with Crippen molar-refractivity contribution in [1.82, 2.24) is 10.2 Å². The zero-order chi connectivity index (χ0) is 11.8. The highest BCUT2D eigenvalue weighted by molar-refractivity contribution is 5.75. The highest BCUT2D eigenvalue weighted by Gasteiger charge is 2.18. The maximum Gasteiger partial charge on any atom is 0.231 e. The van der Waals surface area contributed by atoms with Crippen LogP contribution in [-0.2, 0) is 9.53 Å². The molecule has 5 heteroatoms. The second kappa shape index (κ2) is 7.60. The lowest BCUT2D eigenvalue weighted by Gasteiger charge is -2.29. The zero-order valence-corrected chi connectivity index (χ0v) is 10.1. The maximum atomic E-state index is 10.9. The van der Waals surface area contributed by atoms with Crippen molar-refractivity contribution in [3.05, 3.63) is 0 Å². The molecule has 1 aliphatic heterocycles. The minimum Gasteiger partial charge on any atom is -0.374 e.